The van der Waals surface area contributed by atoms with Crippen LogP contribution in [0.15, 0.2) is 42.5 Å². The van der Waals surface area contributed by atoms with Gasteiger partial charge in [0.1, 0.15) is 11.5 Å². The maximum Gasteiger partial charge on any atom is 0.292 e. The zero-order valence-electron chi connectivity index (χ0n) is 14.6. The molecule has 8 heteroatoms. The lowest BCUT2D eigenvalue weighted by atomic mass is 10.0. The lowest BCUT2D eigenvalue weighted by Gasteiger charge is -2.35. The van der Waals surface area contributed by atoms with Crippen molar-refractivity contribution in [1.29, 1.82) is 5.26 Å². The first kappa shape index (κ1) is 18.8. The van der Waals surface area contributed by atoms with Gasteiger partial charge in [-0.2, -0.15) is 5.26 Å². The van der Waals surface area contributed by atoms with Gasteiger partial charge in [-0.15, -0.1) is 0 Å². The lowest BCUT2D eigenvalue weighted by molar-refractivity contribution is -0.384. The van der Waals surface area contributed by atoms with Gasteiger partial charge in [0.05, 0.1) is 35.8 Å². The van der Waals surface area contributed by atoms with E-state index in [-0.39, 0.29) is 17.5 Å². The number of ether oxygens (including phenoxy) is 1. The number of hydrogen-bond acceptors (Lipinski definition) is 6. The zero-order chi connectivity index (χ0) is 19.2. The number of rotatable bonds is 6. The van der Waals surface area contributed by atoms with E-state index in [2.05, 4.69) is 10.2 Å². The number of halogens is 1. The van der Waals surface area contributed by atoms with E-state index in [1.54, 1.807) is 12.1 Å². The fraction of sp³-hybridized carbons (Fsp3) is 0.316. The number of morpholine rings is 1. The number of nitrogens with zero attached hydrogens (tertiary/aromatic N) is 3. The normalized spacial score (nSPS) is 15.7. The maximum atomic E-state index is 13.3. The fourth-order valence-electron chi connectivity index (χ4n) is 3.14. The molecule has 3 rings (SSSR count). The number of nitrogens with one attached hydrogen (secondary N) is 1. The first-order valence-corrected chi connectivity index (χ1v) is 8.58. The molecule has 1 aliphatic rings. The molecule has 1 saturated heterocycles. The average Bonchev–Trinajstić information content (AvgIpc) is 2.70. The molecular formula is C19H19FN4O3. The number of nitriles is 1. The molecule has 0 bridgehead atoms. The van der Waals surface area contributed by atoms with Crippen molar-refractivity contribution in [3.63, 3.8) is 0 Å². The number of nitro groups is 1. The summed E-state index contributed by atoms with van der Waals surface area (Å²) >= 11 is 0. The van der Waals surface area contributed by atoms with Gasteiger partial charge in [0.15, 0.2) is 0 Å². The lowest BCUT2D eigenvalue weighted by Crippen LogP contribution is -2.41. The summed E-state index contributed by atoms with van der Waals surface area (Å²) in [6.45, 7) is 3.00. The van der Waals surface area contributed by atoms with Crippen LogP contribution in [0.4, 0.5) is 15.8 Å². The van der Waals surface area contributed by atoms with Crippen molar-refractivity contribution in [2.75, 3.05) is 38.2 Å². The highest BCUT2D eigenvalue weighted by Gasteiger charge is 2.24. The van der Waals surface area contributed by atoms with Crippen molar-refractivity contribution in [3.8, 4) is 6.07 Å². The van der Waals surface area contributed by atoms with Crippen LogP contribution in [0.2, 0.25) is 0 Å². The predicted molar refractivity (Wildman–Crippen MR) is 97.8 cm³/mol. The predicted octanol–water partition coefficient (Wildman–Crippen LogP) is 3.09. The van der Waals surface area contributed by atoms with Gasteiger partial charge in [0.25, 0.3) is 5.69 Å². The molecule has 1 unspecified atom stereocenters. The zero-order valence-corrected chi connectivity index (χ0v) is 14.6. The first-order valence-electron chi connectivity index (χ1n) is 8.58. The molecule has 1 atom stereocenters. The summed E-state index contributed by atoms with van der Waals surface area (Å²) in [5.74, 6) is -0.315. The Balaban J connectivity index is 1.85. The van der Waals surface area contributed by atoms with E-state index in [1.165, 1.54) is 30.3 Å². The highest BCUT2D eigenvalue weighted by atomic mass is 19.1. The Hall–Kier alpha value is -3.02. The van der Waals surface area contributed by atoms with E-state index in [4.69, 9.17) is 10.00 Å². The molecule has 0 radical (unpaired) electrons. The topological polar surface area (TPSA) is 91.4 Å². The third-order valence-corrected chi connectivity index (χ3v) is 4.55. The van der Waals surface area contributed by atoms with E-state index in [0.29, 0.717) is 44.1 Å². The van der Waals surface area contributed by atoms with E-state index in [1.807, 2.05) is 6.07 Å². The Labute approximate surface area is 156 Å². The number of anilines is 1. The van der Waals surface area contributed by atoms with Crippen LogP contribution < -0.4 is 5.32 Å². The van der Waals surface area contributed by atoms with Gasteiger partial charge >= 0.3 is 0 Å². The molecular weight excluding hydrogens is 351 g/mol. The largest absolute Gasteiger partial charge is 0.379 e. The summed E-state index contributed by atoms with van der Waals surface area (Å²) in [6.07, 6.45) is 0. The molecule has 1 fully saturated rings. The van der Waals surface area contributed by atoms with Crippen LogP contribution in [-0.2, 0) is 4.74 Å². The molecule has 1 N–H and O–H groups in total. The fourth-order valence-corrected chi connectivity index (χ4v) is 3.14. The molecule has 140 valence electrons. The smallest absolute Gasteiger partial charge is 0.292 e. The molecule has 0 aromatic heterocycles. The summed E-state index contributed by atoms with van der Waals surface area (Å²) < 4.78 is 18.7. The second kappa shape index (κ2) is 8.58. The Morgan fingerprint density at radius 1 is 1.26 bits per heavy atom. The van der Waals surface area contributed by atoms with Crippen molar-refractivity contribution in [2.24, 2.45) is 0 Å². The summed E-state index contributed by atoms with van der Waals surface area (Å²) in [6, 6.07) is 12.3. The minimum atomic E-state index is -0.481. The van der Waals surface area contributed by atoms with Gasteiger partial charge in [0.2, 0.25) is 0 Å². The Kier molecular flexibility index (Phi) is 5.96. The van der Waals surface area contributed by atoms with Gasteiger partial charge < -0.3 is 10.1 Å². The molecule has 0 saturated carbocycles. The molecule has 1 heterocycles. The highest BCUT2D eigenvalue weighted by Crippen LogP contribution is 2.28. The summed E-state index contributed by atoms with van der Waals surface area (Å²) in [4.78, 5) is 13.0. The van der Waals surface area contributed by atoms with E-state index in [9.17, 15) is 14.5 Å². The molecule has 0 aliphatic carbocycles. The Bertz CT molecular complexity index is 845. The second-order valence-electron chi connectivity index (χ2n) is 6.20. The van der Waals surface area contributed by atoms with E-state index >= 15 is 0 Å². The standard InChI is InChI=1S/C19H19FN4O3/c20-16-4-2-15(3-5-16)19(23-7-9-27-10-8-23)13-22-17-11-14(12-21)1-6-18(17)24(25)26/h1-6,11,19,22H,7-10,13H2. The third kappa shape index (κ3) is 4.58. The molecule has 7 nitrogen and oxygen atoms in total. The average molecular weight is 370 g/mol. The summed E-state index contributed by atoms with van der Waals surface area (Å²) in [7, 11) is 0. The minimum absolute atomic E-state index is 0.0890. The first-order chi connectivity index (χ1) is 13.1. The van der Waals surface area contributed by atoms with E-state index < -0.39 is 4.92 Å². The van der Waals surface area contributed by atoms with Crippen molar-refractivity contribution < 1.29 is 14.1 Å². The molecule has 0 amide bonds. The molecule has 2 aromatic carbocycles. The van der Waals surface area contributed by atoms with Crippen molar-refractivity contribution in [2.45, 2.75) is 6.04 Å². The molecule has 2 aromatic rings. The van der Waals surface area contributed by atoms with Crippen LogP contribution in [0.3, 0.4) is 0 Å². The Morgan fingerprint density at radius 3 is 2.59 bits per heavy atom. The SMILES string of the molecule is N#Cc1ccc([N+](=O)[O-])c(NCC(c2ccc(F)cc2)N2CCOCC2)c1. The van der Waals surface area contributed by atoms with Gasteiger partial charge in [-0.3, -0.25) is 15.0 Å². The number of nitro benzene ring substituents is 1. The minimum Gasteiger partial charge on any atom is -0.379 e. The van der Waals surface area contributed by atoms with Gasteiger partial charge in [-0.25, -0.2) is 4.39 Å². The molecule has 0 spiro atoms. The van der Waals surface area contributed by atoms with Gasteiger partial charge in [0, 0.05) is 25.7 Å². The van der Waals surface area contributed by atoms with Crippen molar-refractivity contribution in [1.82, 2.24) is 4.90 Å². The Morgan fingerprint density at radius 2 is 1.96 bits per heavy atom. The second-order valence-corrected chi connectivity index (χ2v) is 6.20. The van der Waals surface area contributed by atoms with Crippen LogP contribution in [-0.4, -0.2) is 42.7 Å². The van der Waals surface area contributed by atoms with Crippen molar-refractivity contribution in [3.05, 3.63) is 69.5 Å². The summed E-state index contributed by atoms with van der Waals surface area (Å²) in [5, 5.41) is 23.5. The van der Waals surface area contributed by atoms with Gasteiger partial charge in [-0.05, 0) is 29.8 Å². The quantitative estimate of drug-likeness (QED) is 0.621. The van der Waals surface area contributed by atoms with Crippen LogP contribution >= 0.6 is 0 Å². The number of benzene rings is 2. The number of hydrogen-bond donors (Lipinski definition) is 1. The van der Waals surface area contributed by atoms with Crippen LogP contribution in [0.1, 0.15) is 17.2 Å². The maximum absolute atomic E-state index is 13.3. The molecule has 1 aliphatic heterocycles. The summed E-state index contributed by atoms with van der Waals surface area (Å²) in [5.41, 5.74) is 1.45. The van der Waals surface area contributed by atoms with Crippen LogP contribution in [0.25, 0.3) is 0 Å². The van der Waals surface area contributed by atoms with Crippen LogP contribution in [0, 0.1) is 27.3 Å². The highest BCUT2D eigenvalue weighted by molar-refractivity contribution is 5.64. The van der Waals surface area contributed by atoms with E-state index in [0.717, 1.165) is 5.56 Å². The van der Waals surface area contributed by atoms with Crippen LogP contribution in [0.5, 0.6) is 0 Å². The third-order valence-electron chi connectivity index (χ3n) is 4.55. The molecule has 27 heavy (non-hydrogen) atoms. The monoisotopic (exact) mass is 370 g/mol. The van der Waals surface area contributed by atoms with Gasteiger partial charge in [-0.1, -0.05) is 12.1 Å². The van der Waals surface area contributed by atoms with Crippen molar-refractivity contribution >= 4 is 11.4 Å².